The lowest BCUT2D eigenvalue weighted by atomic mass is 9.82. The molecule has 1 saturated carbocycles. The van der Waals surface area contributed by atoms with E-state index in [9.17, 15) is 14.7 Å². The molecular formula is C15H23NO3. The summed E-state index contributed by atoms with van der Waals surface area (Å²) in [6.07, 6.45) is 5.74. The van der Waals surface area contributed by atoms with Crippen LogP contribution in [0.2, 0.25) is 0 Å². The van der Waals surface area contributed by atoms with Gasteiger partial charge in [-0.25, -0.2) is 0 Å². The van der Waals surface area contributed by atoms with E-state index in [2.05, 4.69) is 6.92 Å². The first-order valence-electron chi connectivity index (χ1n) is 7.22. The summed E-state index contributed by atoms with van der Waals surface area (Å²) in [6, 6.07) is 0.176. The molecule has 2 bridgehead atoms. The predicted molar refractivity (Wildman–Crippen MR) is 72.5 cm³/mol. The predicted octanol–water partition coefficient (Wildman–Crippen LogP) is 2.16. The van der Waals surface area contributed by atoms with Gasteiger partial charge in [-0.15, -0.1) is 0 Å². The van der Waals surface area contributed by atoms with Crippen LogP contribution < -0.4 is 0 Å². The van der Waals surface area contributed by atoms with Gasteiger partial charge in [0.05, 0.1) is 11.8 Å². The van der Waals surface area contributed by atoms with Crippen LogP contribution in [0, 0.1) is 23.7 Å². The van der Waals surface area contributed by atoms with Gasteiger partial charge in [0, 0.05) is 12.6 Å². The second-order valence-electron chi connectivity index (χ2n) is 5.72. The minimum Gasteiger partial charge on any atom is -0.481 e. The number of rotatable bonds is 5. The van der Waals surface area contributed by atoms with E-state index in [4.69, 9.17) is 0 Å². The molecule has 0 radical (unpaired) electrons. The first-order chi connectivity index (χ1) is 9.01. The lowest BCUT2D eigenvalue weighted by Crippen LogP contribution is -2.46. The van der Waals surface area contributed by atoms with Crippen molar-refractivity contribution in [2.24, 2.45) is 23.7 Å². The van der Waals surface area contributed by atoms with Crippen molar-refractivity contribution in [3.8, 4) is 0 Å². The molecule has 0 saturated heterocycles. The van der Waals surface area contributed by atoms with Gasteiger partial charge in [0.15, 0.2) is 0 Å². The molecule has 1 fully saturated rings. The number of carbonyl (C=O) groups excluding carboxylic acids is 1. The summed E-state index contributed by atoms with van der Waals surface area (Å²) < 4.78 is 0. The molecule has 4 heteroatoms. The number of hydrogen-bond donors (Lipinski definition) is 1. The molecule has 2 aliphatic rings. The van der Waals surface area contributed by atoms with Crippen LogP contribution in [0.15, 0.2) is 12.2 Å². The SMILES string of the molecule is CCC(C)N(CC)C(=O)[C@H]1C2C=CC(C2)[C@H]1C(=O)O. The second-order valence-corrected chi connectivity index (χ2v) is 5.72. The molecule has 0 aliphatic heterocycles. The van der Waals surface area contributed by atoms with Gasteiger partial charge in [-0.2, -0.15) is 0 Å². The summed E-state index contributed by atoms with van der Waals surface area (Å²) in [5.74, 6) is -1.51. The number of carboxylic acid groups (broad SMARTS) is 1. The Labute approximate surface area is 114 Å². The largest absolute Gasteiger partial charge is 0.481 e. The number of allylic oxidation sites excluding steroid dienone is 2. The Morgan fingerprint density at radius 3 is 2.32 bits per heavy atom. The summed E-state index contributed by atoms with van der Waals surface area (Å²) in [6.45, 7) is 6.69. The fourth-order valence-corrected chi connectivity index (χ4v) is 3.59. The molecule has 1 N–H and O–H groups in total. The highest BCUT2D eigenvalue weighted by Crippen LogP contribution is 2.48. The number of fused-ring (bicyclic) bond motifs is 2. The Bertz CT molecular complexity index is 404. The molecule has 3 unspecified atom stereocenters. The minimum atomic E-state index is -0.824. The normalized spacial score (nSPS) is 33.4. The molecule has 0 spiro atoms. The van der Waals surface area contributed by atoms with E-state index in [0.29, 0.717) is 6.54 Å². The van der Waals surface area contributed by atoms with Crippen molar-refractivity contribution >= 4 is 11.9 Å². The second kappa shape index (κ2) is 5.35. The van der Waals surface area contributed by atoms with E-state index >= 15 is 0 Å². The maximum atomic E-state index is 12.7. The van der Waals surface area contributed by atoms with E-state index < -0.39 is 11.9 Å². The molecule has 5 atom stereocenters. The van der Waals surface area contributed by atoms with Gasteiger partial charge < -0.3 is 10.0 Å². The molecule has 2 rings (SSSR count). The smallest absolute Gasteiger partial charge is 0.307 e. The standard InChI is InChI=1S/C15H23NO3/c1-4-9(3)16(5-2)14(17)12-10-6-7-11(8-10)13(12)15(18)19/h6-7,9-13H,4-5,8H2,1-3H3,(H,18,19)/t9?,10?,11?,12-,13+/m0/s1. The maximum absolute atomic E-state index is 12.7. The Morgan fingerprint density at radius 2 is 1.84 bits per heavy atom. The van der Waals surface area contributed by atoms with Crippen molar-refractivity contribution < 1.29 is 14.7 Å². The van der Waals surface area contributed by atoms with Crippen molar-refractivity contribution in [2.75, 3.05) is 6.54 Å². The summed E-state index contributed by atoms with van der Waals surface area (Å²) in [5.41, 5.74) is 0. The average molecular weight is 265 g/mol. The molecular weight excluding hydrogens is 242 g/mol. The zero-order valence-corrected chi connectivity index (χ0v) is 11.9. The van der Waals surface area contributed by atoms with E-state index in [1.807, 2.05) is 30.9 Å². The van der Waals surface area contributed by atoms with Crippen LogP contribution in [-0.4, -0.2) is 34.5 Å². The number of carbonyl (C=O) groups is 2. The highest BCUT2D eigenvalue weighted by Gasteiger charge is 2.52. The van der Waals surface area contributed by atoms with Crippen LogP contribution in [0.5, 0.6) is 0 Å². The van der Waals surface area contributed by atoms with Crippen LogP contribution in [0.1, 0.15) is 33.6 Å². The third kappa shape index (κ3) is 2.28. The molecule has 106 valence electrons. The van der Waals surface area contributed by atoms with Gasteiger partial charge in [-0.1, -0.05) is 19.1 Å². The fourth-order valence-electron chi connectivity index (χ4n) is 3.59. The third-order valence-electron chi connectivity index (χ3n) is 4.78. The third-order valence-corrected chi connectivity index (χ3v) is 4.78. The van der Waals surface area contributed by atoms with Gasteiger partial charge in [0.25, 0.3) is 0 Å². The van der Waals surface area contributed by atoms with Crippen LogP contribution in [-0.2, 0) is 9.59 Å². The zero-order chi connectivity index (χ0) is 14.2. The van der Waals surface area contributed by atoms with Gasteiger partial charge in [0.1, 0.15) is 0 Å². The zero-order valence-electron chi connectivity index (χ0n) is 11.9. The number of hydrogen-bond acceptors (Lipinski definition) is 2. The molecule has 0 aromatic carbocycles. The number of amides is 1. The highest BCUT2D eigenvalue weighted by molar-refractivity contribution is 5.87. The monoisotopic (exact) mass is 265 g/mol. The van der Waals surface area contributed by atoms with E-state index in [-0.39, 0.29) is 29.7 Å². The summed E-state index contributed by atoms with van der Waals surface area (Å²) in [4.78, 5) is 26.0. The Hall–Kier alpha value is -1.32. The molecule has 4 nitrogen and oxygen atoms in total. The van der Waals surface area contributed by atoms with E-state index in [0.717, 1.165) is 12.8 Å². The number of nitrogens with zero attached hydrogens (tertiary/aromatic N) is 1. The van der Waals surface area contributed by atoms with Crippen molar-refractivity contribution in [3.63, 3.8) is 0 Å². The quantitative estimate of drug-likeness (QED) is 0.775. The van der Waals surface area contributed by atoms with Crippen molar-refractivity contribution in [1.29, 1.82) is 0 Å². The molecule has 0 heterocycles. The van der Waals surface area contributed by atoms with Crippen molar-refractivity contribution in [1.82, 2.24) is 4.90 Å². The van der Waals surface area contributed by atoms with Gasteiger partial charge in [-0.05, 0) is 38.5 Å². The minimum absolute atomic E-state index is 0.0288. The Balaban J connectivity index is 2.22. The van der Waals surface area contributed by atoms with Crippen molar-refractivity contribution in [3.05, 3.63) is 12.2 Å². The average Bonchev–Trinajstić information content (AvgIpc) is 2.98. The Morgan fingerprint density at radius 1 is 1.26 bits per heavy atom. The van der Waals surface area contributed by atoms with Crippen LogP contribution in [0.4, 0.5) is 0 Å². The lowest BCUT2D eigenvalue weighted by Gasteiger charge is -2.33. The number of carboxylic acids is 1. The summed E-state index contributed by atoms with van der Waals surface area (Å²) >= 11 is 0. The first kappa shape index (κ1) is 14.1. The van der Waals surface area contributed by atoms with Crippen LogP contribution in [0.25, 0.3) is 0 Å². The first-order valence-corrected chi connectivity index (χ1v) is 7.22. The van der Waals surface area contributed by atoms with Crippen molar-refractivity contribution in [2.45, 2.75) is 39.7 Å². The molecule has 1 amide bonds. The molecule has 2 aliphatic carbocycles. The van der Waals surface area contributed by atoms with E-state index in [1.165, 1.54) is 0 Å². The summed E-state index contributed by atoms with van der Waals surface area (Å²) in [5, 5.41) is 9.40. The number of aliphatic carboxylic acids is 1. The van der Waals surface area contributed by atoms with E-state index in [1.54, 1.807) is 0 Å². The van der Waals surface area contributed by atoms with Gasteiger partial charge in [-0.3, -0.25) is 9.59 Å². The topological polar surface area (TPSA) is 57.6 Å². The fraction of sp³-hybridized carbons (Fsp3) is 0.733. The van der Waals surface area contributed by atoms with Crippen LogP contribution in [0.3, 0.4) is 0 Å². The molecule has 19 heavy (non-hydrogen) atoms. The molecule has 0 aromatic rings. The maximum Gasteiger partial charge on any atom is 0.307 e. The van der Waals surface area contributed by atoms with Crippen LogP contribution >= 0.6 is 0 Å². The Kier molecular flexibility index (Phi) is 3.97. The highest BCUT2D eigenvalue weighted by atomic mass is 16.4. The van der Waals surface area contributed by atoms with Gasteiger partial charge in [0.2, 0.25) is 5.91 Å². The molecule has 0 aromatic heterocycles. The lowest BCUT2D eigenvalue weighted by molar-refractivity contribution is -0.151. The van der Waals surface area contributed by atoms with Gasteiger partial charge >= 0.3 is 5.97 Å². The summed E-state index contributed by atoms with van der Waals surface area (Å²) in [7, 11) is 0.